The van der Waals surface area contributed by atoms with Crippen LogP contribution in [0.5, 0.6) is 5.75 Å². The van der Waals surface area contributed by atoms with Crippen molar-refractivity contribution in [1.29, 1.82) is 0 Å². The largest absolute Gasteiger partial charge is 0.497 e. The topological polar surface area (TPSA) is 108 Å². The van der Waals surface area contributed by atoms with Crippen LogP contribution in [0.2, 0.25) is 0 Å². The van der Waals surface area contributed by atoms with Crippen LogP contribution in [0, 0.1) is 0 Å². The summed E-state index contributed by atoms with van der Waals surface area (Å²) in [6.45, 7) is 1.32. The van der Waals surface area contributed by atoms with Gasteiger partial charge in [0.05, 0.1) is 12.7 Å². The average molecular weight is 345 g/mol. The second-order valence-electron chi connectivity index (χ2n) is 3.75. The molecule has 0 aromatic heterocycles. The van der Waals surface area contributed by atoms with Crippen LogP contribution in [0.3, 0.4) is 0 Å². The number of carbonyl (C=O) groups excluding carboxylic acids is 3. The zero-order valence-electron chi connectivity index (χ0n) is 10.8. The van der Waals surface area contributed by atoms with E-state index in [1.165, 1.54) is 20.1 Å². The zero-order valence-corrected chi connectivity index (χ0v) is 12.4. The van der Waals surface area contributed by atoms with E-state index in [-0.39, 0.29) is 5.56 Å². The first-order valence-corrected chi connectivity index (χ1v) is 6.29. The molecule has 3 amide bonds. The Morgan fingerprint density at radius 3 is 2.55 bits per heavy atom. The first kappa shape index (κ1) is 16.0. The molecule has 0 aliphatic heterocycles. The summed E-state index contributed by atoms with van der Waals surface area (Å²) in [6.07, 6.45) is -1.16. The van der Waals surface area contributed by atoms with Crippen molar-refractivity contribution in [1.82, 2.24) is 5.32 Å². The number of halogens is 1. The van der Waals surface area contributed by atoms with Crippen molar-refractivity contribution in [3.63, 3.8) is 0 Å². The lowest BCUT2D eigenvalue weighted by atomic mass is 10.2. The van der Waals surface area contributed by atoms with Gasteiger partial charge in [0.2, 0.25) is 0 Å². The Hall–Kier alpha value is -2.09. The first-order chi connectivity index (χ1) is 9.35. The van der Waals surface area contributed by atoms with Gasteiger partial charge >= 0.3 is 12.0 Å². The van der Waals surface area contributed by atoms with Crippen molar-refractivity contribution in [3.05, 3.63) is 28.2 Å². The summed E-state index contributed by atoms with van der Waals surface area (Å²) in [6, 6.07) is 3.72. The molecule has 1 aromatic rings. The van der Waals surface area contributed by atoms with Gasteiger partial charge in [-0.2, -0.15) is 0 Å². The van der Waals surface area contributed by atoms with E-state index in [9.17, 15) is 14.4 Å². The third kappa shape index (κ3) is 4.23. The molecule has 0 spiro atoms. The highest BCUT2D eigenvalue weighted by Crippen LogP contribution is 2.23. The summed E-state index contributed by atoms with van der Waals surface area (Å²) in [5.74, 6) is -1.07. The Labute approximate surface area is 123 Å². The average Bonchev–Trinajstić information content (AvgIpc) is 2.38. The smallest absolute Gasteiger partial charge is 0.340 e. The molecule has 0 radical (unpaired) electrons. The maximum absolute atomic E-state index is 11.9. The van der Waals surface area contributed by atoms with Crippen molar-refractivity contribution >= 4 is 33.8 Å². The van der Waals surface area contributed by atoms with Gasteiger partial charge in [-0.25, -0.2) is 9.59 Å². The minimum absolute atomic E-state index is 0.197. The third-order valence-electron chi connectivity index (χ3n) is 2.29. The van der Waals surface area contributed by atoms with Gasteiger partial charge in [-0.3, -0.25) is 10.1 Å². The highest BCUT2D eigenvalue weighted by Gasteiger charge is 2.21. The molecule has 0 aliphatic carbocycles. The molecular formula is C12H13BrN2O5. The summed E-state index contributed by atoms with van der Waals surface area (Å²) < 4.78 is 10.4. The highest BCUT2D eigenvalue weighted by atomic mass is 79.9. The van der Waals surface area contributed by atoms with E-state index in [0.717, 1.165) is 0 Å². The first-order valence-electron chi connectivity index (χ1n) is 5.50. The number of imide groups is 1. The van der Waals surface area contributed by atoms with Crippen LogP contribution >= 0.6 is 15.9 Å². The molecule has 0 bridgehead atoms. The molecule has 0 saturated heterocycles. The van der Waals surface area contributed by atoms with Crippen molar-refractivity contribution in [2.24, 2.45) is 5.73 Å². The number of rotatable bonds is 4. The van der Waals surface area contributed by atoms with Crippen molar-refractivity contribution < 1.29 is 23.9 Å². The number of benzene rings is 1. The third-order valence-corrected chi connectivity index (χ3v) is 2.98. The fraction of sp³-hybridized carbons (Fsp3) is 0.250. The van der Waals surface area contributed by atoms with Gasteiger partial charge in [0.15, 0.2) is 6.10 Å². The molecule has 7 nitrogen and oxygen atoms in total. The second-order valence-corrected chi connectivity index (χ2v) is 4.60. The van der Waals surface area contributed by atoms with Crippen molar-refractivity contribution in [2.45, 2.75) is 13.0 Å². The summed E-state index contributed by atoms with van der Waals surface area (Å²) >= 11 is 3.20. The molecule has 1 aromatic carbocycles. The SMILES string of the molecule is COc1ccc(Br)c(C(=O)O[C@@H](C)C(=O)NC(N)=O)c1. The van der Waals surface area contributed by atoms with E-state index >= 15 is 0 Å². The van der Waals surface area contributed by atoms with Gasteiger partial charge in [0.25, 0.3) is 5.91 Å². The molecule has 0 aliphatic rings. The van der Waals surface area contributed by atoms with Crippen molar-refractivity contribution in [3.8, 4) is 5.75 Å². The second kappa shape index (κ2) is 6.90. The molecule has 20 heavy (non-hydrogen) atoms. The maximum Gasteiger partial charge on any atom is 0.340 e. The zero-order chi connectivity index (χ0) is 15.3. The standard InChI is InChI=1S/C12H13BrN2O5/c1-6(10(16)15-12(14)18)20-11(17)8-5-7(19-2)3-4-9(8)13/h3-6H,1-2H3,(H3,14,15,16,18)/t6-/m0/s1. The summed E-state index contributed by atoms with van der Waals surface area (Å²) in [5.41, 5.74) is 5.00. The minimum atomic E-state index is -1.16. The molecular weight excluding hydrogens is 332 g/mol. The van der Waals surface area contributed by atoms with Crippen LogP contribution in [-0.4, -0.2) is 31.1 Å². The fourth-order valence-corrected chi connectivity index (χ4v) is 1.70. The lowest BCUT2D eigenvalue weighted by molar-refractivity contribution is -0.127. The number of primary amides is 1. The van der Waals surface area contributed by atoms with E-state index in [0.29, 0.717) is 10.2 Å². The van der Waals surface area contributed by atoms with Gasteiger partial charge in [0, 0.05) is 4.47 Å². The van der Waals surface area contributed by atoms with Crippen LogP contribution in [0.1, 0.15) is 17.3 Å². The monoisotopic (exact) mass is 344 g/mol. The Morgan fingerprint density at radius 2 is 2.00 bits per heavy atom. The Balaban J connectivity index is 2.80. The maximum atomic E-state index is 11.9. The van der Waals surface area contributed by atoms with Crippen LogP contribution in [-0.2, 0) is 9.53 Å². The number of carbonyl (C=O) groups is 3. The van der Waals surface area contributed by atoms with E-state index in [1.807, 2.05) is 5.32 Å². The highest BCUT2D eigenvalue weighted by molar-refractivity contribution is 9.10. The minimum Gasteiger partial charge on any atom is -0.497 e. The molecule has 1 rings (SSSR count). The van der Waals surface area contributed by atoms with Gasteiger partial charge in [-0.1, -0.05) is 0 Å². The van der Waals surface area contributed by atoms with E-state index in [2.05, 4.69) is 15.9 Å². The Morgan fingerprint density at radius 1 is 1.35 bits per heavy atom. The lowest BCUT2D eigenvalue weighted by Crippen LogP contribution is -2.42. The van der Waals surface area contributed by atoms with Gasteiger partial charge < -0.3 is 15.2 Å². The number of esters is 1. The van der Waals surface area contributed by atoms with Crippen LogP contribution < -0.4 is 15.8 Å². The number of ether oxygens (including phenoxy) is 2. The lowest BCUT2D eigenvalue weighted by Gasteiger charge is -2.13. The number of hydrogen-bond donors (Lipinski definition) is 2. The number of amides is 3. The molecule has 108 valence electrons. The molecule has 0 fully saturated rings. The fourth-order valence-electron chi connectivity index (χ4n) is 1.29. The van der Waals surface area contributed by atoms with Crippen LogP contribution in [0.15, 0.2) is 22.7 Å². The Kier molecular flexibility index (Phi) is 5.51. The molecule has 0 saturated carbocycles. The number of nitrogens with one attached hydrogen (secondary N) is 1. The van der Waals surface area contributed by atoms with E-state index in [4.69, 9.17) is 15.2 Å². The quantitative estimate of drug-likeness (QED) is 0.797. The number of hydrogen-bond acceptors (Lipinski definition) is 5. The van der Waals surface area contributed by atoms with Crippen molar-refractivity contribution in [2.75, 3.05) is 7.11 Å². The molecule has 0 unspecified atom stereocenters. The molecule has 1 atom stereocenters. The molecule has 0 heterocycles. The van der Waals surface area contributed by atoms with Gasteiger partial charge in [-0.15, -0.1) is 0 Å². The predicted molar refractivity (Wildman–Crippen MR) is 73.3 cm³/mol. The van der Waals surface area contributed by atoms with Gasteiger partial charge in [0.1, 0.15) is 5.75 Å². The van der Waals surface area contributed by atoms with E-state index in [1.54, 1.807) is 12.1 Å². The normalized spacial score (nSPS) is 11.3. The molecule has 8 heteroatoms. The number of methoxy groups -OCH3 is 1. The van der Waals surface area contributed by atoms with Crippen LogP contribution in [0.4, 0.5) is 4.79 Å². The summed E-state index contributed by atoms with van der Waals surface area (Å²) in [4.78, 5) is 33.9. The van der Waals surface area contributed by atoms with E-state index < -0.39 is 24.0 Å². The molecule has 3 N–H and O–H groups in total. The number of urea groups is 1. The summed E-state index contributed by atoms with van der Waals surface area (Å²) in [5, 5.41) is 1.82. The van der Waals surface area contributed by atoms with Crippen LogP contribution in [0.25, 0.3) is 0 Å². The van der Waals surface area contributed by atoms with Gasteiger partial charge in [-0.05, 0) is 41.1 Å². The summed E-state index contributed by atoms with van der Waals surface area (Å²) in [7, 11) is 1.46. The Bertz CT molecular complexity index is 547. The predicted octanol–water partition coefficient (Wildman–Crippen LogP) is 1.20. The number of nitrogens with two attached hydrogens (primary N) is 1.